The van der Waals surface area contributed by atoms with Crippen molar-refractivity contribution < 1.29 is 23.8 Å². The van der Waals surface area contributed by atoms with Gasteiger partial charge in [0.05, 0.1) is 24.9 Å². The fraction of sp³-hybridized carbons (Fsp3) is 0.250. The predicted molar refractivity (Wildman–Crippen MR) is 113 cm³/mol. The summed E-state index contributed by atoms with van der Waals surface area (Å²) in [5.41, 5.74) is 3.03. The molecule has 3 rings (SSSR count). The summed E-state index contributed by atoms with van der Waals surface area (Å²) in [6.07, 6.45) is 1.70. The highest BCUT2D eigenvalue weighted by atomic mass is 16.5. The van der Waals surface area contributed by atoms with E-state index >= 15 is 0 Å². The Balaban J connectivity index is 1.79. The van der Waals surface area contributed by atoms with Gasteiger partial charge in [0.2, 0.25) is 0 Å². The Kier molecular flexibility index (Phi) is 7.03. The zero-order chi connectivity index (χ0) is 21.5. The Morgan fingerprint density at radius 2 is 1.73 bits per heavy atom. The molecule has 156 valence electrons. The van der Waals surface area contributed by atoms with Gasteiger partial charge in [-0.1, -0.05) is 42.5 Å². The number of carbonyl (C=O) groups is 2. The molecule has 0 bridgehead atoms. The summed E-state index contributed by atoms with van der Waals surface area (Å²) in [6.45, 7) is 2.95. The average Bonchev–Trinajstić information content (AvgIpc) is 3.01. The summed E-state index contributed by atoms with van der Waals surface area (Å²) in [5, 5.41) is 0. The van der Waals surface area contributed by atoms with E-state index in [1.165, 1.54) is 7.11 Å². The number of methoxy groups -OCH3 is 2. The lowest BCUT2D eigenvalue weighted by Gasteiger charge is -2.16. The topological polar surface area (TPSA) is 65.1 Å². The number of allylic oxidation sites excluding steroid dienone is 1. The molecule has 0 saturated heterocycles. The van der Waals surface area contributed by atoms with Crippen LogP contribution in [0, 0.1) is 0 Å². The molecule has 1 heterocycles. The smallest absolute Gasteiger partial charge is 0.340 e. The number of amides is 1. The van der Waals surface area contributed by atoms with Crippen LogP contribution in [0.3, 0.4) is 0 Å². The highest BCUT2D eigenvalue weighted by molar-refractivity contribution is 6.16. The quantitative estimate of drug-likeness (QED) is 0.494. The van der Waals surface area contributed by atoms with E-state index in [-0.39, 0.29) is 11.5 Å². The molecule has 30 heavy (non-hydrogen) atoms. The molecule has 0 N–H and O–H groups in total. The fourth-order valence-electron chi connectivity index (χ4n) is 3.25. The average molecular weight is 407 g/mol. The Morgan fingerprint density at radius 1 is 1.03 bits per heavy atom. The van der Waals surface area contributed by atoms with Crippen molar-refractivity contribution in [1.29, 1.82) is 0 Å². The maximum atomic E-state index is 12.9. The maximum absolute atomic E-state index is 12.9. The van der Waals surface area contributed by atoms with Crippen molar-refractivity contribution in [2.24, 2.45) is 0 Å². The SMILES string of the molecule is COCCN1C(=O)/C(=C/c2ccc(OCc3ccccc3)cc2)C(C(=O)OC)=C1C. The molecule has 0 atom stereocenters. The molecule has 0 unspecified atom stereocenters. The van der Waals surface area contributed by atoms with Crippen molar-refractivity contribution in [3.8, 4) is 5.75 Å². The zero-order valence-corrected chi connectivity index (χ0v) is 17.4. The van der Waals surface area contributed by atoms with Crippen LogP contribution in [-0.4, -0.2) is 44.1 Å². The van der Waals surface area contributed by atoms with Crippen LogP contribution >= 0.6 is 0 Å². The number of hydrogen-bond acceptors (Lipinski definition) is 5. The van der Waals surface area contributed by atoms with Crippen LogP contribution in [0.2, 0.25) is 0 Å². The first-order valence-corrected chi connectivity index (χ1v) is 9.64. The molecule has 2 aromatic rings. The normalized spacial score (nSPS) is 15.1. The number of ether oxygens (including phenoxy) is 3. The lowest BCUT2D eigenvalue weighted by atomic mass is 10.0. The van der Waals surface area contributed by atoms with Gasteiger partial charge in [-0.3, -0.25) is 4.79 Å². The van der Waals surface area contributed by atoms with Crippen molar-refractivity contribution in [3.63, 3.8) is 0 Å². The van der Waals surface area contributed by atoms with E-state index in [2.05, 4.69) is 0 Å². The van der Waals surface area contributed by atoms with Crippen molar-refractivity contribution in [3.05, 3.63) is 82.6 Å². The number of nitrogens with zero attached hydrogens (tertiary/aromatic N) is 1. The lowest BCUT2D eigenvalue weighted by molar-refractivity contribution is -0.136. The van der Waals surface area contributed by atoms with Crippen LogP contribution in [0.4, 0.5) is 0 Å². The first kappa shape index (κ1) is 21.3. The molecule has 1 aliphatic rings. The summed E-state index contributed by atoms with van der Waals surface area (Å²) in [7, 11) is 2.88. The molecule has 2 aromatic carbocycles. The lowest BCUT2D eigenvalue weighted by Crippen LogP contribution is -2.28. The summed E-state index contributed by atoms with van der Waals surface area (Å²) >= 11 is 0. The fourth-order valence-corrected chi connectivity index (χ4v) is 3.25. The third kappa shape index (κ3) is 4.78. The molecule has 0 fully saturated rings. The van der Waals surface area contributed by atoms with Gasteiger partial charge in [0, 0.05) is 19.4 Å². The molecule has 0 aliphatic carbocycles. The van der Waals surface area contributed by atoms with Crippen LogP contribution < -0.4 is 4.74 Å². The van der Waals surface area contributed by atoms with Gasteiger partial charge in [0.15, 0.2) is 0 Å². The Morgan fingerprint density at radius 3 is 2.37 bits per heavy atom. The number of rotatable bonds is 8. The van der Waals surface area contributed by atoms with Gasteiger partial charge in [0.1, 0.15) is 12.4 Å². The van der Waals surface area contributed by atoms with Crippen molar-refractivity contribution in [2.75, 3.05) is 27.4 Å². The van der Waals surface area contributed by atoms with Crippen molar-refractivity contribution in [2.45, 2.75) is 13.5 Å². The second-order valence-corrected chi connectivity index (χ2v) is 6.80. The van der Waals surface area contributed by atoms with E-state index in [1.54, 1.807) is 25.0 Å². The van der Waals surface area contributed by atoms with Crippen LogP contribution in [0.1, 0.15) is 18.1 Å². The van der Waals surface area contributed by atoms with E-state index in [9.17, 15) is 9.59 Å². The molecule has 0 saturated carbocycles. The summed E-state index contributed by atoms with van der Waals surface area (Å²) < 4.78 is 15.8. The second-order valence-electron chi connectivity index (χ2n) is 6.80. The van der Waals surface area contributed by atoms with Crippen molar-refractivity contribution >= 4 is 18.0 Å². The highest BCUT2D eigenvalue weighted by Crippen LogP contribution is 2.31. The third-order valence-corrected chi connectivity index (χ3v) is 4.86. The molecule has 0 aromatic heterocycles. The van der Waals surface area contributed by atoms with Crippen LogP contribution in [0.5, 0.6) is 5.75 Å². The van der Waals surface area contributed by atoms with E-state index in [1.807, 2.05) is 54.6 Å². The molecular formula is C24H25NO5. The van der Waals surface area contributed by atoms with Gasteiger partial charge in [-0.2, -0.15) is 0 Å². The monoisotopic (exact) mass is 407 g/mol. The van der Waals surface area contributed by atoms with Gasteiger partial charge >= 0.3 is 5.97 Å². The van der Waals surface area contributed by atoms with Crippen LogP contribution in [0.25, 0.3) is 6.08 Å². The highest BCUT2D eigenvalue weighted by Gasteiger charge is 2.36. The number of esters is 1. The van der Waals surface area contributed by atoms with Gasteiger partial charge in [0.25, 0.3) is 5.91 Å². The van der Waals surface area contributed by atoms with Gasteiger partial charge in [-0.05, 0) is 36.3 Å². The molecular weight excluding hydrogens is 382 g/mol. The van der Waals surface area contributed by atoms with E-state index in [0.717, 1.165) is 16.9 Å². The number of carbonyl (C=O) groups excluding carboxylic acids is 2. The Labute approximate surface area is 176 Å². The number of hydrogen-bond donors (Lipinski definition) is 0. The second kappa shape index (κ2) is 9.89. The molecule has 1 aliphatic heterocycles. The minimum atomic E-state index is -0.533. The van der Waals surface area contributed by atoms with Gasteiger partial charge in [-0.15, -0.1) is 0 Å². The first-order chi connectivity index (χ1) is 14.5. The molecule has 1 amide bonds. The molecule has 0 spiro atoms. The zero-order valence-electron chi connectivity index (χ0n) is 17.4. The molecule has 0 radical (unpaired) electrons. The Bertz CT molecular complexity index is 961. The standard InChI is InChI=1S/C24H25NO5/c1-17-22(24(27)29-3)21(23(26)25(17)13-14-28-2)15-18-9-11-20(12-10-18)30-16-19-7-5-4-6-8-19/h4-12,15H,13-14,16H2,1-3H3/b21-15+. The minimum absolute atomic E-state index is 0.241. The Hall–Kier alpha value is -3.38. The largest absolute Gasteiger partial charge is 0.489 e. The predicted octanol–water partition coefficient (Wildman–Crippen LogP) is 3.58. The van der Waals surface area contributed by atoms with Crippen molar-refractivity contribution in [1.82, 2.24) is 4.90 Å². The van der Waals surface area contributed by atoms with E-state index in [0.29, 0.717) is 31.0 Å². The van der Waals surface area contributed by atoms with Crippen LogP contribution in [0.15, 0.2) is 71.4 Å². The molecule has 6 heteroatoms. The maximum Gasteiger partial charge on any atom is 0.340 e. The summed E-state index contributed by atoms with van der Waals surface area (Å²) in [6, 6.07) is 17.3. The van der Waals surface area contributed by atoms with E-state index < -0.39 is 5.97 Å². The summed E-state index contributed by atoms with van der Waals surface area (Å²) in [4.78, 5) is 26.8. The minimum Gasteiger partial charge on any atom is -0.489 e. The van der Waals surface area contributed by atoms with E-state index in [4.69, 9.17) is 14.2 Å². The van der Waals surface area contributed by atoms with Gasteiger partial charge < -0.3 is 19.1 Å². The van der Waals surface area contributed by atoms with Crippen LogP contribution in [-0.2, 0) is 25.7 Å². The van der Waals surface area contributed by atoms with Gasteiger partial charge in [-0.25, -0.2) is 4.79 Å². The first-order valence-electron chi connectivity index (χ1n) is 9.64. The molecule has 6 nitrogen and oxygen atoms in total. The summed E-state index contributed by atoms with van der Waals surface area (Å²) in [5.74, 6) is -0.0513. The number of benzene rings is 2. The third-order valence-electron chi connectivity index (χ3n) is 4.86.